The number of pyridine rings is 1. The van der Waals surface area contributed by atoms with Crippen molar-refractivity contribution in [3.05, 3.63) is 58.4 Å². The van der Waals surface area contributed by atoms with Crippen molar-refractivity contribution in [2.45, 2.75) is 59.6 Å². The summed E-state index contributed by atoms with van der Waals surface area (Å²) in [6.07, 6.45) is 1.50. The van der Waals surface area contributed by atoms with Gasteiger partial charge in [0.05, 0.1) is 16.1 Å². The number of rotatable bonds is 5. The highest BCUT2D eigenvalue weighted by Crippen LogP contribution is 2.55. The molecule has 30 heavy (non-hydrogen) atoms. The van der Waals surface area contributed by atoms with Gasteiger partial charge in [0, 0.05) is 34.8 Å². The van der Waals surface area contributed by atoms with Crippen LogP contribution in [0.4, 0.5) is 0 Å². The molecule has 1 N–H and O–H groups in total. The third-order valence-electron chi connectivity index (χ3n) is 6.07. The zero-order chi connectivity index (χ0) is 22.3. The van der Waals surface area contributed by atoms with Crippen LogP contribution in [0, 0.1) is 22.2 Å². The van der Waals surface area contributed by atoms with Gasteiger partial charge in [0.2, 0.25) is 0 Å². The Morgan fingerprint density at radius 2 is 1.87 bits per heavy atom. The first kappa shape index (κ1) is 22.1. The summed E-state index contributed by atoms with van der Waals surface area (Å²) >= 11 is 6.15. The van der Waals surface area contributed by atoms with Crippen LogP contribution in [-0.2, 0) is 0 Å². The summed E-state index contributed by atoms with van der Waals surface area (Å²) in [5.74, 6) is 0.799. The zero-order valence-corrected chi connectivity index (χ0v) is 19.0. The molecule has 1 aliphatic carbocycles. The fraction of sp³-hybridized carbons (Fsp3) is 0.458. The first-order chi connectivity index (χ1) is 14.0. The molecular formula is C24H28ClN3O2. The monoisotopic (exact) mass is 425 g/mol. The van der Waals surface area contributed by atoms with Crippen molar-refractivity contribution in [1.29, 1.82) is 5.26 Å². The van der Waals surface area contributed by atoms with Crippen molar-refractivity contribution < 1.29 is 9.53 Å². The van der Waals surface area contributed by atoms with E-state index in [1.54, 1.807) is 24.4 Å². The number of amides is 1. The van der Waals surface area contributed by atoms with E-state index >= 15 is 0 Å². The normalized spacial score (nSPS) is 21.4. The minimum absolute atomic E-state index is 0.0823. The van der Waals surface area contributed by atoms with Gasteiger partial charge >= 0.3 is 0 Å². The van der Waals surface area contributed by atoms with E-state index in [1.165, 1.54) is 0 Å². The van der Waals surface area contributed by atoms with Gasteiger partial charge in [-0.05, 0) is 30.2 Å². The van der Waals surface area contributed by atoms with Crippen LogP contribution in [0.2, 0.25) is 5.02 Å². The molecule has 3 rings (SSSR count). The number of carbonyl (C=O) groups is 1. The molecule has 1 amide bonds. The van der Waals surface area contributed by atoms with Gasteiger partial charge < -0.3 is 10.1 Å². The molecule has 1 aromatic heterocycles. The number of aromatic nitrogens is 1. The standard InChI is InChI=1S/C24H28ClN3O2/c1-14(2)19-10-8-16(13-27-19)20(29)28-21-23(3,4)22(24(21,5)6)30-17-9-7-15(12-26)18(25)11-17/h7-11,13-14,21-22H,1-6H3,(H,28,29). The van der Waals surface area contributed by atoms with Crippen LogP contribution >= 0.6 is 11.6 Å². The predicted molar refractivity (Wildman–Crippen MR) is 118 cm³/mol. The molecule has 158 valence electrons. The molecule has 1 aromatic carbocycles. The maximum Gasteiger partial charge on any atom is 0.253 e. The number of nitrogens with zero attached hydrogens (tertiary/aromatic N) is 2. The van der Waals surface area contributed by atoms with Gasteiger partial charge in [-0.2, -0.15) is 5.26 Å². The number of nitriles is 1. The van der Waals surface area contributed by atoms with E-state index in [2.05, 4.69) is 51.8 Å². The maximum absolute atomic E-state index is 12.8. The molecule has 2 aromatic rings. The highest BCUT2D eigenvalue weighted by Gasteiger charge is 2.64. The minimum Gasteiger partial charge on any atom is -0.489 e. The van der Waals surface area contributed by atoms with Gasteiger partial charge in [-0.25, -0.2) is 0 Å². The third kappa shape index (κ3) is 3.89. The van der Waals surface area contributed by atoms with Crippen molar-refractivity contribution in [3.63, 3.8) is 0 Å². The van der Waals surface area contributed by atoms with Crippen molar-refractivity contribution in [2.24, 2.45) is 10.8 Å². The number of ether oxygens (including phenoxy) is 1. The Morgan fingerprint density at radius 1 is 1.20 bits per heavy atom. The molecule has 0 spiro atoms. The second kappa shape index (κ2) is 7.92. The molecule has 0 bridgehead atoms. The summed E-state index contributed by atoms with van der Waals surface area (Å²) in [5.41, 5.74) is 1.33. The van der Waals surface area contributed by atoms with Crippen LogP contribution in [0.5, 0.6) is 5.75 Å². The first-order valence-electron chi connectivity index (χ1n) is 10.1. The van der Waals surface area contributed by atoms with E-state index in [0.29, 0.717) is 27.8 Å². The molecule has 5 nitrogen and oxygen atoms in total. The lowest BCUT2D eigenvalue weighted by atomic mass is 9.49. The summed E-state index contributed by atoms with van der Waals surface area (Å²) in [4.78, 5) is 17.2. The van der Waals surface area contributed by atoms with E-state index in [0.717, 1.165) is 5.69 Å². The van der Waals surface area contributed by atoms with Gasteiger partial charge in [0.15, 0.2) is 0 Å². The van der Waals surface area contributed by atoms with Crippen molar-refractivity contribution in [3.8, 4) is 11.8 Å². The number of nitrogens with one attached hydrogen (secondary N) is 1. The van der Waals surface area contributed by atoms with E-state index in [-0.39, 0.29) is 28.9 Å². The molecule has 1 heterocycles. The third-order valence-corrected chi connectivity index (χ3v) is 6.38. The molecule has 0 unspecified atom stereocenters. The average Bonchev–Trinajstić information content (AvgIpc) is 2.69. The number of hydrogen-bond acceptors (Lipinski definition) is 4. The fourth-order valence-electron chi connectivity index (χ4n) is 4.69. The van der Waals surface area contributed by atoms with Crippen molar-refractivity contribution >= 4 is 17.5 Å². The number of benzene rings is 1. The quantitative estimate of drug-likeness (QED) is 0.701. The lowest BCUT2D eigenvalue weighted by Gasteiger charge is -2.63. The summed E-state index contributed by atoms with van der Waals surface area (Å²) < 4.78 is 6.26. The van der Waals surface area contributed by atoms with Gasteiger partial charge in [0.1, 0.15) is 17.9 Å². The Balaban J connectivity index is 1.74. The SMILES string of the molecule is CC(C)c1ccc(C(=O)NC2C(C)(C)C(Oc3ccc(C#N)c(Cl)c3)C2(C)C)cn1. The maximum atomic E-state index is 12.8. The Bertz CT molecular complexity index is 975. The van der Waals surface area contributed by atoms with Crippen LogP contribution in [-0.4, -0.2) is 23.0 Å². The Morgan fingerprint density at radius 3 is 2.37 bits per heavy atom. The molecule has 1 aliphatic rings. The van der Waals surface area contributed by atoms with Crippen molar-refractivity contribution in [1.82, 2.24) is 10.3 Å². The average molecular weight is 426 g/mol. The van der Waals surface area contributed by atoms with Crippen molar-refractivity contribution in [2.75, 3.05) is 0 Å². The molecule has 6 heteroatoms. The first-order valence-corrected chi connectivity index (χ1v) is 10.5. The Hall–Kier alpha value is -2.58. The highest BCUT2D eigenvalue weighted by atomic mass is 35.5. The van der Waals surface area contributed by atoms with E-state index < -0.39 is 0 Å². The zero-order valence-electron chi connectivity index (χ0n) is 18.3. The van der Waals surface area contributed by atoms with Crippen LogP contribution in [0.15, 0.2) is 36.5 Å². The number of halogens is 1. The molecular weight excluding hydrogens is 398 g/mol. The topological polar surface area (TPSA) is 75.0 Å². The molecule has 1 saturated carbocycles. The summed E-state index contributed by atoms with van der Waals surface area (Å²) in [6.45, 7) is 12.5. The lowest BCUT2D eigenvalue weighted by Crippen LogP contribution is -2.74. The summed E-state index contributed by atoms with van der Waals surface area (Å²) in [6, 6.07) is 10.8. The minimum atomic E-state index is -0.301. The van der Waals surface area contributed by atoms with Crippen LogP contribution in [0.1, 0.15) is 69.1 Å². The summed E-state index contributed by atoms with van der Waals surface area (Å²) in [5, 5.41) is 12.6. The second-order valence-corrected chi connectivity index (χ2v) is 9.83. The van der Waals surface area contributed by atoms with Crippen LogP contribution < -0.4 is 10.1 Å². The molecule has 0 saturated heterocycles. The van der Waals surface area contributed by atoms with Gasteiger partial charge in [-0.15, -0.1) is 0 Å². The highest BCUT2D eigenvalue weighted by molar-refractivity contribution is 6.31. The molecule has 0 atom stereocenters. The van der Waals surface area contributed by atoms with E-state index in [9.17, 15) is 4.79 Å². The summed E-state index contributed by atoms with van der Waals surface area (Å²) in [7, 11) is 0. The van der Waals surface area contributed by atoms with E-state index in [4.69, 9.17) is 21.6 Å². The van der Waals surface area contributed by atoms with Crippen LogP contribution in [0.3, 0.4) is 0 Å². The lowest BCUT2D eigenvalue weighted by molar-refractivity contribution is -0.164. The van der Waals surface area contributed by atoms with Gasteiger partial charge in [-0.3, -0.25) is 9.78 Å². The Labute approximate surface area is 183 Å². The van der Waals surface area contributed by atoms with Crippen LogP contribution in [0.25, 0.3) is 0 Å². The predicted octanol–water partition coefficient (Wildman–Crippen LogP) is 5.34. The van der Waals surface area contributed by atoms with E-state index in [1.807, 2.05) is 18.2 Å². The number of hydrogen-bond donors (Lipinski definition) is 1. The second-order valence-electron chi connectivity index (χ2n) is 9.43. The van der Waals surface area contributed by atoms with Gasteiger partial charge in [-0.1, -0.05) is 53.1 Å². The fourth-order valence-corrected chi connectivity index (χ4v) is 4.90. The molecule has 0 aliphatic heterocycles. The molecule has 0 radical (unpaired) electrons. The smallest absolute Gasteiger partial charge is 0.253 e. The number of carbonyl (C=O) groups excluding carboxylic acids is 1. The Kier molecular flexibility index (Phi) is 5.84. The molecule has 1 fully saturated rings. The van der Waals surface area contributed by atoms with Gasteiger partial charge in [0.25, 0.3) is 5.91 Å². The largest absolute Gasteiger partial charge is 0.489 e.